The molecule has 0 bridgehead atoms. The van der Waals surface area contributed by atoms with Crippen molar-refractivity contribution in [3.8, 4) is 11.5 Å². The van der Waals surface area contributed by atoms with Crippen LogP contribution in [0.5, 0.6) is 11.5 Å². The van der Waals surface area contributed by atoms with E-state index in [4.69, 9.17) is 4.74 Å². The van der Waals surface area contributed by atoms with Crippen LogP contribution < -0.4 is 14.8 Å². The van der Waals surface area contributed by atoms with E-state index in [1.165, 1.54) is 19.2 Å². The molecule has 0 aliphatic carbocycles. The topological polar surface area (TPSA) is 47.6 Å². The Bertz CT molecular complexity index is 738. The van der Waals surface area contributed by atoms with Gasteiger partial charge in [-0.1, -0.05) is 26.0 Å². The number of halogens is 2. The predicted molar refractivity (Wildman–Crippen MR) is 95.0 cm³/mol. The number of anilines is 1. The molecule has 0 unspecified atom stereocenters. The lowest BCUT2D eigenvalue weighted by Crippen LogP contribution is -2.13. The van der Waals surface area contributed by atoms with E-state index in [0.717, 1.165) is 4.90 Å². The minimum absolute atomic E-state index is 0.139. The van der Waals surface area contributed by atoms with Gasteiger partial charge in [0.15, 0.2) is 11.5 Å². The van der Waals surface area contributed by atoms with Crippen LogP contribution in [0.15, 0.2) is 47.4 Å². The van der Waals surface area contributed by atoms with Crippen LogP contribution in [-0.2, 0) is 0 Å². The zero-order valence-corrected chi connectivity index (χ0v) is 14.9. The summed E-state index contributed by atoms with van der Waals surface area (Å²) in [5.74, 6) is -0.300. The Morgan fingerprint density at radius 2 is 1.84 bits per heavy atom. The monoisotopic (exact) mass is 367 g/mol. The minimum Gasteiger partial charge on any atom is -0.493 e. The molecule has 25 heavy (non-hydrogen) atoms. The second kappa shape index (κ2) is 8.71. The number of carbonyl (C=O) groups excluding carboxylic acids is 1. The second-order valence-electron chi connectivity index (χ2n) is 5.36. The van der Waals surface area contributed by atoms with E-state index >= 15 is 0 Å². The molecule has 0 spiro atoms. The van der Waals surface area contributed by atoms with Crippen LogP contribution in [0.1, 0.15) is 24.2 Å². The van der Waals surface area contributed by atoms with Crippen LogP contribution in [-0.4, -0.2) is 24.9 Å². The van der Waals surface area contributed by atoms with Crippen molar-refractivity contribution in [1.29, 1.82) is 0 Å². The van der Waals surface area contributed by atoms with Crippen LogP contribution in [0.2, 0.25) is 0 Å². The van der Waals surface area contributed by atoms with Gasteiger partial charge < -0.3 is 14.8 Å². The number of rotatable bonds is 7. The van der Waals surface area contributed by atoms with Crippen LogP contribution in [0, 0.1) is 0 Å². The molecule has 0 heterocycles. The highest BCUT2D eigenvalue weighted by Gasteiger charge is 2.15. The van der Waals surface area contributed by atoms with E-state index in [1.54, 1.807) is 30.0 Å². The molecule has 0 aromatic heterocycles. The number of carbonyl (C=O) groups is 1. The Morgan fingerprint density at radius 3 is 2.48 bits per heavy atom. The predicted octanol–water partition coefficient (Wildman–Crippen LogP) is 5.05. The minimum atomic E-state index is -2.98. The summed E-state index contributed by atoms with van der Waals surface area (Å²) < 4.78 is 34.4. The number of nitrogens with one attached hydrogen (secondary N) is 1. The molecule has 1 N–H and O–H groups in total. The van der Waals surface area contributed by atoms with Crippen molar-refractivity contribution in [1.82, 2.24) is 0 Å². The zero-order valence-electron chi connectivity index (χ0n) is 14.1. The van der Waals surface area contributed by atoms with Crippen LogP contribution in [0.25, 0.3) is 0 Å². The molecule has 1 amide bonds. The van der Waals surface area contributed by atoms with Gasteiger partial charge in [0.05, 0.1) is 12.7 Å². The van der Waals surface area contributed by atoms with Crippen LogP contribution in [0.3, 0.4) is 0 Å². The molecule has 0 aliphatic heterocycles. The summed E-state index contributed by atoms with van der Waals surface area (Å²) in [4.78, 5) is 13.4. The standard InChI is InChI=1S/C18H19F2NO3S/c1-11(2)25-16-7-5-4-6-13(16)17(22)21-12-8-9-14(23-3)15(10-12)24-18(19)20/h4-11,18H,1-3H3,(H,21,22). The van der Waals surface area contributed by atoms with Gasteiger partial charge in [0.2, 0.25) is 0 Å². The smallest absolute Gasteiger partial charge is 0.387 e. The first-order valence-electron chi connectivity index (χ1n) is 7.60. The second-order valence-corrected chi connectivity index (χ2v) is 6.98. The molecule has 2 aromatic rings. The SMILES string of the molecule is COc1ccc(NC(=O)c2ccccc2SC(C)C)cc1OC(F)F. The summed E-state index contributed by atoms with van der Waals surface area (Å²) in [6.45, 7) is 1.09. The number of methoxy groups -OCH3 is 1. The molecule has 2 rings (SSSR count). The van der Waals surface area contributed by atoms with Gasteiger partial charge in [-0.15, -0.1) is 11.8 Å². The van der Waals surface area contributed by atoms with E-state index in [0.29, 0.717) is 16.5 Å². The third kappa shape index (κ3) is 5.35. The van der Waals surface area contributed by atoms with Crippen molar-refractivity contribution >= 4 is 23.4 Å². The largest absolute Gasteiger partial charge is 0.493 e. The van der Waals surface area contributed by atoms with E-state index in [1.807, 2.05) is 26.0 Å². The van der Waals surface area contributed by atoms with Crippen molar-refractivity contribution in [3.63, 3.8) is 0 Å². The van der Waals surface area contributed by atoms with Crippen molar-refractivity contribution in [2.24, 2.45) is 0 Å². The Labute approximate surface area is 149 Å². The molecule has 0 saturated heterocycles. The Hall–Kier alpha value is -2.28. The summed E-state index contributed by atoms with van der Waals surface area (Å²) in [6.07, 6.45) is 0. The molecule has 0 radical (unpaired) electrons. The summed E-state index contributed by atoms with van der Waals surface area (Å²) >= 11 is 1.58. The first-order valence-corrected chi connectivity index (χ1v) is 8.48. The lowest BCUT2D eigenvalue weighted by atomic mass is 10.2. The molecule has 4 nitrogen and oxygen atoms in total. The number of hydrogen-bond donors (Lipinski definition) is 1. The fraction of sp³-hybridized carbons (Fsp3) is 0.278. The summed E-state index contributed by atoms with van der Waals surface area (Å²) in [7, 11) is 1.35. The van der Waals surface area contributed by atoms with Gasteiger partial charge in [-0.2, -0.15) is 8.78 Å². The Balaban J connectivity index is 2.23. The highest BCUT2D eigenvalue weighted by molar-refractivity contribution is 8.00. The Kier molecular flexibility index (Phi) is 6.64. The lowest BCUT2D eigenvalue weighted by Gasteiger charge is -2.14. The van der Waals surface area contributed by atoms with Gasteiger partial charge in [0.25, 0.3) is 5.91 Å². The molecular weight excluding hydrogens is 348 g/mol. The van der Waals surface area contributed by atoms with Crippen molar-refractivity contribution < 1.29 is 23.0 Å². The van der Waals surface area contributed by atoms with E-state index in [2.05, 4.69) is 10.1 Å². The highest BCUT2D eigenvalue weighted by atomic mass is 32.2. The maximum atomic E-state index is 12.6. The van der Waals surface area contributed by atoms with E-state index < -0.39 is 6.61 Å². The van der Waals surface area contributed by atoms with E-state index in [-0.39, 0.29) is 17.4 Å². The average Bonchev–Trinajstić information content (AvgIpc) is 2.54. The number of alkyl halides is 2. The van der Waals surface area contributed by atoms with Gasteiger partial charge >= 0.3 is 6.61 Å². The number of benzene rings is 2. The first-order chi connectivity index (χ1) is 11.9. The fourth-order valence-corrected chi connectivity index (χ4v) is 3.10. The third-order valence-electron chi connectivity index (χ3n) is 3.13. The maximum absolute atomic E-state index is 12.6. The molecule has 0 fully saturated rings. The number of thioether (sulfide) groups is 1. The molecule has 0 saturated carbocycles. The normalized spacial score (nSPS) is 10.8. The molecule has 134 valence electrons. The van der Waals surface area contributed by atoms with Crippen molar-refractivity contribution in [2.75, 3.05) is 12.4 Å². The molecule has 7 heteroatoms. The van der Waals surface area contributed by atoms with Gasteiger partial charge in [-0.25, -0.2) is 0 Å². The number of amides is 1. The van der Waals surface area contributed by atoms with Crippen LogP contribution in [0.4, 0.5) is 14.5 Å². The van der Waals surface area contributed by atoms with Gasteiger partial charge in [-0.05, 0) is 24.3 Å². The zero-order chi connectivity index (χ0) is 18.4. The summed E-state index contributed by atoms with van der Waals surface area (Å²) in [5.41, 5.74) is 0.860. The first kappa shape index (κ1) is 19.1. The molecule has 0 atom stereocenters. The highest BCUT2D eigenvalue weighted by Crippen LogP contribution is 2.32. The fourth-order valence-electron chi connectivity index (χ4n) is 2.15. The van der Waals surface area contributed by atoms with Gasteiger partial charge in [0, 0.05) is 21.9 Å². The van der Waals surface area contributed by atoms with E-state index in [9.17, 15) is 13.6 Å². The average molecular weight is 367 g/mol. The number of hydrogen-bond acceptors (Lipinski definition) is 4. The lowest BCUT2D eigenvalue weighted by molar-refractivity contribution is -0.0511. The number of ether oxygens (including phenoxy) is 2. The van der Waals surface area contributed by atoms with Gasteiger partial charge in [-0.3, -0.25) is 4.79 Å². The summed E-state index contributed by atoms with van der Waals surface area (Å²) in [6, 6.07) is 11.6. The maximum Gasteiger partial charge on any atom is 0.387 e. The quantitative estimate of drug-likeness (QED) is 0.696. The molecular formula is C18H19F2NO3S. The van der Waals surface area contributed by atoms with Crippen LogP contribution >= 0.6 is 11.8 Å². The van der Waals surface area contributed by atoms with Gasteiger partial charge in [0.1, 0.15) is 0 Å². The molecule has 2 aromatic carbocycles. The van der Waals surface area contributed by atoms with Crippen molar-refractivity contribution in [2.45, 2.75) is 30.6 Å². The molecule has 0 aliphatic rings. The third-order valence-corrected chi connectivity index (χ3v) is 4.21. The summed E-state index contributed by atoms with van der Waals surface area (Å²) in [5, 5.41) is 3.02. The van der Waals surface area contributed by atoms with Crippen molar-refractivity contribution in [3.05, 3.63) is 48.0 Å². The Morgan fingerprint density at radius 1 is 1.12 bits per heavy atom.